The summed E-state index contributed by atoms with van der Waals surface area (Å²) < 4.78 is 0. The number of halogens is 1. The molecule has 2 aromatic carbocycles. The molecule has 15 heavy (non-hydrogen) atoms. The van der Waals surface area contributed by atoms with Gasteiger partial charge in [0.25, 0.3) is 0 Å². The van der Waals surface area contributed by atoms with Crippen LogP contribution in [0.1, 0.15) is 5.56 Å². The molecule has 0 unspecified atom stereocenters. The lowest BCUT2D eigenvalue weighted by atomic mass is 10.0. The Morgan fingerprint density at radius 3 is 2.87 bits per heavy atom. The van der Waals surface area contributed by atoms with Gasteiger partial charge in [-0.05, 0) is 23.1 Å². The fraction of sp³-hybridized carbons (Fsp3) is 0.0833. The van der Waals surface area contributed by atoms with Gasteiger partial charge in [0.2, 0.25) is 0 Å². The van der Waals surface area contributed by atoms with E-state index in [0.717, 1.165) is 28.4 Å². The summed E-state index contributed by atoms with van der Waals surface area (Å²) in [5.74, 6) is 0.352. The Morgan fingerprint density at radius 1 is 1.13 bits per heavy atom. The topological polar surface area (TPSA) is 32.6 Å². The smallest absolute Gasteiger partial charge is 0.123 e. The van der Waals surface area contributed by atoms with Crippen molar-refractivity contribution < 1.29 is 5.11 Å². The second-order valence-corrected chi connectivity index (χ2v) is 3.45. The second kappa shape index (κ2) is 3.55. The Labute approximate surface area is 93.7 Å². The van der Waals surface area contributed by atoms with E-state index in [9.17, 15) is 5.11 Å². The van der Waals surface area contributed by atoms with Gasteiger partial charge in [-0.3, -0.25) is 4.99 Å². The van der Waals surface area contributed by atoms with Crippen molar-refractivity contribution in [3.05, 3.63) is 35.9 Å². The minimum atomic E-state index is 0. The summed E-state index contributed by atoms with van der Waals surface area (Å²) in [4.78, 5) is 4.25. The Balaban J connectivity index is 0.000000853. The van der Waals surface area contributed by atoms with E-state index in [0.29, 0.717) is 5.75 Å². The van der Waals surface area contributed by atoms with Crippen LogP contribution >= 0.6 is 12.4 Å². The minimum Gasteiger partial charge on any atom is -0.507 e. The summed E-state index contributed by atoms with van der Waals surface area (Å²) in [5.41, 5.74) is 2.12. The zero-order chi connectivity index (χ0) is 9.54. The largest absolute Gasteiger partial charge is 0.507 e. The van der Waals surface area contributed by atoms with Gasteiger partial charge in [-0.15, -0.1) is 12.4 Å². The van der Waals surface area contributed by atoms with E-state index in [1.165, 1.54) is 0 Å². The zero-order valence-electron chi connectivity index (χ0n) is 7.97. The summed E-state index contributed by atoms with van der Waals surface area (Å²) in [6, 6.07) is 9.59. The molecule has 2 nitrogen and oxygen atoms in total. The number of hydrogen-bond acceptors (Lipinski definition) is 2. The molecule has 1 N–H and O–H groups in total. The van der Waals surface area contributed by atoms with Crippen LogP contribution in [0.2, 0.25) is 0 Å². The van der Waals surface area contributed by atoms with E-state index < -0.39 is 0 Å². The molecule has 76 valence electrons. The fourth-order valence-corrected chi connectivity index (χ4v) is 1.99. The predicted octanol–water partition coefficient (Wildman–Crippen LogP) is 3.23. The van der Waals surface area contributed by atoms with Gasteiger partial charge in [0, 0.05) is 18.0 Å². The number of phenols is 1. The lowest BCUT2D eigenvalue weighted by molar-refractivity contribution is 0.481. The number of nitrogens with zero attached hydrogens (tertiary/aromatic N) is 1. The molecular formula is C12H10ClNO. The Kier molecular flexibility index (Phi) is 2.37. The highest BCUT2D eigenvalue weighted by Crippen LogP contribution is 2.36. The molecule has 0 fully saturated rings. The van der Waals surface area contributed by atoms with Crippen LogP contribution in [-0.4, -0.2) is 11.3 Å². The molecule has 0 atom stereocenters. The third-order valence-electron chi connectivity index (χ3n) is 2.63. The molecule has 0 aromatic heterocycles. The van der Waals surface area contributed by atoms with Crippen LogP contribution < -0.4 is 0 Å². The van der Waals surface area contributed by atoms with Gasteiger partial charge < -0.3 is 5.11 Å². The average molecular weight is 220 g/mol. The van der Waals surface area contributed by atoms with Crippen molar-refractivity contribution in [3.63, 3.8) is 0 Å². The Hall–Kier alpha value is -1.54. The predicted molar refractivity (Wildman–Crippen MR) is 64.7 cm³/mol. The lowest BCUT2D eigenvalue weighted by Gasteiger charge is -2.05. The molecule has 0 spiro atoms. The molecule has 0 radical (unpaired) electrons. The Morgan fingerprint density at radius 2 is 2.00 bits per heavy atom. The normalized spacial score (nSPS) is 12.5. The highest BCUT2D eigenvalue weighted by atomic mass is 35.5. The molecule has 0 saturated heterocycles. The molecule has 0 bridgehead atoms. The highest BCUT2D eigenvalue weighted by Gasteiger charge is 2.12. The van der Waals surface area contributed by atoms with Gasteiger partial charge >= 0.3 is 0 Å². The van der Waals surface area contributed by atoms with Crippen molar-refractivity contribution in [2.75, 3.05) is 0 Å². The van der Waals surface area contributed by atoms with Crippen LogP contribution in [0.4, 0.5) is 5.69 Å². The SMILES string of the molecule is Cl.Oc1cccc2ccc3c(c12)CC=N3. The van der Waals surface area contributed by atoms with Gasteiger partial charge in [0.05, 0.1) is 5.69 Å². The maximum absolute atomic E-state index is 9.78. The van der Waals surface area contributed by atoms with E-state index in [1.807, 2.05) is 30.5 Å². The monoisotopic (exact) mass is 219 g/mol. The second-order valence-electron chi connectivity index (χ2n) is 3.45. The molecule has 3 heteroatoms. The summed E-state index contributed by atoms with van der Waals surface area (Å²) >= 11 is 0. The molecular weight excluding hydrogens is 210 g/mol. The van der Waals surface area contributed by atoms with Crippen molar-refractivity contribution in [2.24, 2.45) is 4.99 Å². The third kappa shape index (κ3) is 1.38. The van der Waals surface area contributed by atoms with Crippen molar-refractivity contribution in [1.29, 1.82) is 0 Å². The van der Waals surface area contributed by atoms with Crippen LogP contribution in [0, 0.1) is 0 Å². The van der Waals surface area contributed by atoms with E-state index in [4.69, 9.17) is 0 Å². The molecule has 2 aromatic rings. The molecule has 1 aliphatic rings. The van der Waals surface area contributed by atoms with E-state index in [1.54, 1.807) is 6.07 Å². The van der Waals surface area contributed by atoms with Gasteiger partial charge in [0.1, 0.15) is 5.75 Å². The number of aliphatic imine (C=N–C) groups is 1. The molecule has 0 aliphatic carbocycles. The fourth-order valence-electron chi connectivity index (χ4n) is 1.99. The van der Waals surface area contributed by atoms with Crippen LogP contribution in [0.15, 0.2) is 35.3 Å². The maximum Gasteiger partial charge on any atom is 0.123 e. The first-order valence-electron chi connectivity index (χ1n) is 4.62. The minimum absolute atomic E-state index is 0. The van der Waals surface area contributed by atoms with E-state index in [2.05, 4.69) is 4.99 Å². The number of hydrogen-bond donors (Lipinski definition) is 1. The average Bonchev–Trinajstić information content (AvgIpc) is 2.65. The number of benzene rings is 2. The lowest BCUT2D eigenvalue weighted by Crippen LogP contribution is -1.83. The van der Waals surface area contributed by atoms with Gasteiger partial charge in [0.15, 0.2) is 0 Å². The number of phenolic OH excluding ortho intramolecular Hbond substituents is 1. The van der Waals surface area contributed by atoms with Crippen LogP contribution in [-0.2, 0) is 6.42 Å². The molecule has 0 saturated carbocycles. The summed E-state index contributed by atoms with van der Waals surface area (Å²) in [6.07, 6.45) is 2.71. The standard InChI is InChI=1S/C12H9NO.ClH/c14-11-3-1-2-8-4-5-10-9(12(8)11)6-7-13-10;/h1-5,7,14H,6H2;1H. The molecule has 1 aliphatic heterocycles. The first-order chi connectivity index (χ1) is 6.86. The van der Waals surface area contributed by atoms with Crippen molar-refractivity contribution >= 4 is 35.1 Å². The summed E-state index contributed by atoms with van der Waals surface area (Å²) in [7, 11) is 0. The van der Waals surface area contributed by atoms with Crippen LogP contribution in [0.25, 0.3) is 10.8 Å². The molecule has 0 amide bonds. The van der Waals surface area contributed by atoms with E-state index in [-0.39, 0.29) is 12.4 Å². The van der Waals surface area contributed by atoms with Gasteiger partial charge in [-0.25, -0.2) is 0 Å². The quantitative estimate of drug-likeness (QED) is 0.725. The number of rotatable bonds is 0. The maximum atomic E-state index is 9.78. The van der Waals surface area contributed by atoms with Crippen molar-refractivity contribution in [1.82, 2.24) is 0 Å². The highest BCUT2D eigenvalue weighted by molar-refractivity contribution is 5.98. The first kappa shape index (κ1) is 9.99. The van der Waals surface area contributed by atoms with Crippen molar-refractivity contribution in [3.8, 4) is 5.75 Å². The summed E-state index contributed by atoms with van der Waals surface area (Å²) in [5, 5.41) is 11.8. The third-order valence-corrected chi connectivity index (χ3v) is 2.63. The van der Waals surface area contributed by atoms with Gasteiger partial charge in [-0.1, -0.05) is 18.2 Å². The number of fused-ring (bicyclic) bond motifs is 3. The molecule has 3 rings (SSSR count). The zero-order valence-corrected chi connectivity index (χ0v) is 8.79. The first-order valence-corrected chi connectivity index (χ1v) is 4.62. The van der Waals surface area contributed by atoms with Gasteiger partial charge in [-0.2, -0.15) is 0 Å². The number of aromatic hydroxyl groups is 1. The van der Waals surface area contributed by atoms with Crippen LogP contribution in [0.5, 0.6) is 5.75 Å². The van der Waals surface area contributed by atoms with Crippen LogP contribution in [0.3, 0.4) is 0 Å². The molecule has 1 heterocycles. The van der Waals surface area contributed by atoms with E-state index >= 15 is 0 Å². The van der Waals surface area contributed by atoms with Crippen molar-refractivity contribution in [2.45, 2.75) is 6.42 Å². The summed E-state index contributed by atoms with van der Waals surface area (Å²) in [6.45, 7) is 0. The Bertz CT molecular complexity index is 549.